The lowest BCUT2D eigenvalue weighted by Gasteiger charge is -2.04. The molecule has 1 atom stereocenters. The molecule has 11 heavy (non-hydrogen) atoms. The Morgan fingerprint density at radius 3 is 2.91 bits per heavy atom. The lowest BCUT2D eigenvalue weighted by Crippen LogP contribution is -2.13. The van der Waals surface area contributed by atoms with E-state index in [0.717, 1.165) is 25.8 Å². The molecule has 0 aliphatic carbocycles. The van der Waals surface area contributed by atoms with Gasteiger partial charge in [-0.3, -0.25) is 4.79 Å². The van der Waals surface area contributed by atoms with Crippen LogP contribution in [0.5, 0.6) is 0 Å². The second kappa shape index (κ2) is 4.34. The minimum atomic E-state index is 0.180. The molecule has 0 aromatic carbocycles. The molecular formula is C8H15NO2. The van der Waals surface area contributed by atoms with Crippen LogP contribution in [-0.4, -0.2) is 24.2 Å². The maximum atomic E-state index is 10.7. The maximum Gasteiger partial charge on any atom is 0.220 e. The van der Waals surface area contributed by atoms with Crippen molar-refractivity contribution < 1.29 is 9.90 Å². The van der Waals surface area contributed by atoms with Crippen LogP contribution in [0, 0.1) is 5.92 Å². The Bertz CT molecular complexity index is 136. The summed E-state index contributed by atoms with van der Waals surface area (Å²) in [5, 5.41) is 11.3. The summed E-state index contributed by atoms with van der Waals surface area (Å²) in [5.74, 6) is 0.702. The predicted octanol–water partition coefficient (Wildman–Crippen LogP) is 0.285. The third-order valence-corrected chi connectivity index (χ3v) is 2.08. The van der Waals surface area contributed by atoms with Crippen molar-refractivity contribution in [3.05, 3.63) is 0 Å². The number of carbonyl (C=O) groups is 1. The van der Waals surface area contributed by atoms with Crippen molar-refractivity contribution in [3.63, 3.8) is 0 Å². The predicted molar refractivity (Wildman–Crippen MR) is 42.1 cm³/mol. The smallest absolute Gasteiger partial charge is 0.220 e. The molecule has 1 fully saturated rings. The first-order valence-corrected chi connectivity index (χ1v) is 4.20. The molecule has 2 N–H and O–H groups in total. The van der Waals surface area contributed by atoms with Gasteiger partial charge >= 0.3 is 0 Å². The van der Waals surface area contributed by atoms with Crippen molar-refractivity contribution in [2.24, 2.45) is 5.92 Å². The normalized spacial score (nSPS) is 23.7. The zero-order valence-corrected chi connectivity index (χ0v) is 6.68. The molecule has 0 aromatic heterocycles. The van der Waals surface area contributed by atoms with Crippen molar-refractivity contribution in [1.82, 2.24) is 5.32 Å². The monoisotopic (exact) mass is 157 g/mol. The highest BCUT2D eigenvalue weighted by Gasteiger charge is 2.20. The van der Waals surface area contributed by atoms with E-state index >= 15 is 0 Å². The number of nitrogens with one attached hydrogen (secondary N) is 1. The highest BCUT2D eigenvalue weighted by atomic mass is 16.2. The largest absolute Gasteiger partial charge is 0.396 e. The van der Waals surface area contributed by atoms with Crippen molar-refractivity contribution in [2.75, 3.05) is 13.2 Å². The summed E-state index contributed by atoms with van der Waals surface area (Å²) < 4.78 is 0. The minimum Gasteiger partial charge on any atom is -0.396 e. The van der Waals surface area contributed by atoms with Crippen LogP contribution in [0.15, 0.2) is 0 Å². The van der Waals surface area contributed by atoms with Gasteiger partial charge < -0.3 is 10.4 Å². The van der Waals surface area contributed by atoms with Gasteiger partial charge in [0.25, 0.3) is 0 Å². The van der Waals surface area contributed by atoms with Crippen LogP contribution in [0.3, 0.4) is 0 Å². The number of aliphatic hydroxyl groups excluding tert-OH is 1. The fraction of sp³-hybridized carbons (Fsp3) is 0.875. The van der Waals surface area contributed by atoms with E-state index in [1.165, 1.54) is 0 Å². The summed E-state index contributed by atoms with van der Waals surface area (Å²) in [6.45, 7) is 1.11. The van der Waals surface area contributed by atoms with E-state index in [-0.39, 0.29) is 12.5 Å². The summed E-state index contributed by atoms with van der Waals surface area (Å²) in [6, 6.07) is 0. The van der Waals surface area contributed by atoms with E-state index in [4.69, 9.17) is 5.11 Å². The quantitative estimate of drug-likeness (QED) is 0.576. The van der Waals surface area contributed by atoms with Crippen molar-refractivity contribution in [1.29, 1.82) is 0 Å². The van der Waals surface area contributed by atoms with Crippen LogP contribution in [0.2, 0.25) is 0 Å². The molecule has 1 heterocycles. The first-order chi connectivity index (χ1) is 5.33. The van der Waals surface area contributed by atoms with E-state index in [2.05, 4.69) is 5.32 Å². The summed E-state index contributed by atoms with van der Waals surface area (Å²) in [4.78, 5) is 10.7. The Hall–Kier alpha value is -0.570. The SMILES string of the molecule is O=C1CC(CCCCO)CN1. The van der Waals surface area contributed by atoms with Gasteiger partial charge in [-0.05, 0) is 18.8 Å². The van der Waals surface area contributed by atoms with Gasteiger partial charge in [-0.15, -0.1) is 0 Å². The van der Waals surface area contributed by atoms with Gasteiger partial charge in [0.2, 0.25) is 5.91 Å². The molecule has 3 heteroatoms. The molecular weight excluding hydrogens is 142 g/mol. The molecule has 0 saturated carbocycles. The highest BCUT2D eigenvalue weighted by Crippen LogP contribution is 2.15. The summed E-state index contributed by atoms with van der Waals surface area (Å²) in [7, 11) is 0. The van der Waals surface area contributed by atoms with E-state index in [1.54, 1.807) is 0 Å². The lowest BCUT2D eigenvalue weighted by atomic mass is 10.0. The number of rotatable bonds is 4. The first-order valence-electron chi connectivity index (χ1n) is 4.20. The third-order valence-electron chi connectivity index (χ3n) is 2.08. The fourth-order valence-corrected chi connectivity index (χ4v) is 1.41. The summed E-state index contributed by atoms with van der Waals surface area (Å²) in [6.07, 6.45) is 3.66. The maximum absolute atomic E-state index is 10.7. The van der Waals surface area contributed by atoms with E-state index in [9.17, 15) is 4.79 Å². The zero-order chi connectivity index (χ0) is 8.10. The molecule has 0 aromatic rings. The molecule has 0 spiro atoms. The fourth-order valence-electron chi connectivity index (χ4n) is 1.41. The van der Waals surface area contributed by atoms with Crippen LogP contribution in [0.25, 0.3) is 0 Å². The van der Waals surface area contributed by atoms with Gasteiger partial charge in [0.15, 0.2) is 0 Å². The standard InChI is InChI=1S/C8H15NO2/c10-4-2-1-3-7-5-8(11)9-6-7/h7,10H,1-6H2,(H,9,11). The second-order valence-corrected chi connectivity index (χ2v) is 3.09. The molecule has 0 bridgehead atoms. The summed E-state index contributed by atoms with van der Waals surface area (Å²) in [5.41, 5.74) is 0. The van der Waals surface area contributed by atoms with E-state index < -0.39 is 0 Å². The molecule has 0 radical (unpaired) electrons. The van der Waals surface area contributed by atoms with Gasteiger partial charge in [0.1, 0.15) is 0 Å². The molecule has 1 aliphatic heterocycles. The Morgan fingerprint density at radius 2 is 2.36 bits per heavy atom. The second-order valence-electron chi connectivity index (χ2n) is 3.09. The van der Waals surface area contributed by atoms with Crippen molar-refractivity contribution >= 4 is 5.91 Å². The van der Waals surface area contributed by atoms with Crippen LogP contribution in [-0.2, 0) is 4.79 Å². The van der Waals surface area contributed by atoms with Gasteiger partial charge in [-0.1, -0.05) is 6.42 Å². The van der Waals surface area contributed by atoms with Gasteiger partial charge in [-0.2, -0.15) is 0 Å². The van der Waals surface area contributed by atoms with Gasteiger partial charge in [-0.25, -0.2) is 0 Å². The van der Waals surface area contributed by atoms with Crippen LogP contribution in [0.1, 0.15) is 25.7 Å². The van der Waals surface area contributed by atoms with E-state index in [1.807, 2.05) is 0 Å². The number of carbonyl (C=O) groups excluding carboxylic acids is 1. The number of amides is 1. The average Bonchev–Trinajstić information content (AvgIpc) is 2.37. The number of hydrogen-bond acceptors (Lipinski definition) is 2. The van der Waals surface area contributed by atoms with Gasteiger partial charge in [0, 0.05) is 19.6 Å². The molecule has 3 nitrogen and oxygen atoms in total. The number of hydrogen-bond donors (Lipinski definition) is 2. The Balaban J connectivity index is 2.04. The van der Waals surface area contributed by atoms with Crippen LogP contribution >= 0.6 is 0 Å². The number of unbranched alkanes of at least 4 members (excludes halogenated alkanes) is 1. The van der Waals surface area contributed by atoms with Crippen LogP contribution < -0.4 is 5.32 Å². The van der Waals surface area contributed by atoms with E-state index in [0.29, 0.717) is 12.3 Å². The van der Waals surface area contributed by atoms with Crippen molar-refractivity contribution in [2.45, 2.75) is 25.7 Å². The molecule has 64 valence electrons. The molecule has 1 amide bonds. The van der Waals surface area contributed by atoms with Crippen molar-refractivity contribution in [3.8, 4) is 0 Å². The first kappa shape index (κ1) is 8.53. The Morgan fingerprint density at radius 1 is 1.55 bits per heavy atom. The third kappa shape index (κ3) is 2.89. The van der Waals surface area contributed by atoms with Crippen LogP contribution in [0.4, 0.5) is 0 Å². The topological polar surface area (TPSA) is 49.3 Å². The lowest BCUT2D eigenvalue weighted by molar-refractivity contribution is -0.119. The molecule has 1 saturated heterocycles. The minimum absolute atomic E-state index is 0.180. The number of aliphatic hydroxyl groups is 1. The molecule has 1 aliphatic rings. The Labute approximate surface area is 66.8 Å². The van der Waals surface area contributed by atoms with Gasteiger partial charge in [0.05, 0.1) is 0 Å². The average molecular weight is 157 g/mol. The Kier molecular flexibility index (Phi) is 3.36. The summed E-state index contributed by atoms with van der Waals surface area (Å²) >= 11 is 0. The molecule has 1 rings (SSSR count). The molecule has 1 unspecified atom stereocenters. The zero-order valence-electron chi connectivity index (χ0n) is 6.68. The highest BCUT2D eigenvalue weighted by molar-refractivity contribution is 5.78.